The van der Waals surface area contributed by atoms with Crippen molar-refractivity contribution in [2.45, 2.75) is 24.2 Å². The van der Waals surface area contributed by atoms with Crippen LogP contribution in [-0.2, 0) is 27.7 Å². The summed E-state index contributed by atoms with van der Waals surface area (Å²) in [6.45, 7) is 1.54. The molecule has 0 aromatic heterocycles. The number of anilines is 1. The summed E-state index contributed by atoms with van der Waals surface area (Å²) in [6, 6.07) is 12.7. The van der Waals surface area contributed by atoms with E-state index in [0.29, 0.717) is 36.1 Å². The third-order valence-electron chi connectivity index (χ3n) is 5.57. The SMILES string of the molecule is O=C(CNc1cccc(Cl)c1)N1CCN(S(=O)(=O)c2ccc3c(c2)CCC3)CC1. The molecule has 2 aromatic carbocycles. The minimum absolute atomic E-state index is 0.0560. The van der Waals surface area contributed by atoms with Gasteiger partial charge in [0.05, 0.1) is 11.4 Å². The van der Waals surface area contributed by atoms with E-state index in [9.17, 15) is 13.2 Å². The van der Waals surface area contributed by atoms with Gasteiger partial charge in [-0.3, -0.25) is 4.79 Å². The van der Waals surface area contributed by atoms with Gasteiger partial charge in [0.2, 0.25) is 15.9 Å². The van der Waals surface area contributed by atoms with Gasteiger partial charge < -0.3 is 10.2 Å². The number of aryl methyl sites for hydroxylation is 2. The Morgan fingerprint density at radius 1 is 1.00 bits per heavy atom. The van der Waals surface area contributed by atoms with Gasteiger partial charge in [-0.2, -0.15) is 4.31 Å². The second-order valence-corrected chi connectivity index (χ2v) is 9.81. The van der Waals surface area contributed by atoms with Gasteiger partial charge in [-0.05, 0) is 60.7 Å². The normalized spacial score (nSPS) is 17.2. The first-order valence-corrected chi connectivity index (χ1v) is 11.6. The molecule has 1 saturated heterocycles. The van der Waals surface area contributed by atoms with E-state index >= 15 is 0 Å². The number of sulfonamides is 1. The summed E-state index contributed by atoms with van der Waals surface area (Å²) in [5.41, 5.74) is 3.18. The summed E-state index contributed by atoms with van der Waals surface area (Å²) < 4.78 is 27.5. The summed E-state index contributed by atoms with van der Waals surface area (Å²) in [7, 11) is -3.53. The molecule has 1 aliphatic carbocycles. The van der Waals surface area contributed by atoms with Crippen molar-refractivity contribution in [2.75, 3.05) is 38.0 Å². The fraction of sp³-hybridized carbons (Fsp3) is 0.381. The minimum Gasteiger partial charge on any atom is -0.376 e. The van der Waals surface area contributed by atoms with Crippen molar-refractivity contribution in [1.82, 2.24) is 9.21 Å². The summed E-state index contributed by atoms with van der Waals surface area (Å²) in [5.74, 6) is -0.0560. The van der Waals surface area contributed by atoms with Gasteiger partial charge in [0, 0.05) is 36.9 Å². The summed E-state index contributed by atoms with van der Waals surface area (Å²) >= 11 is 5.95. The lowest BCUT2D eigenvalue weighted by Crippen LogP contribution is -2.51. The lowest BCUT2D eigenvalue weighted by Gasteiger charge is -2.34. The largest absolute Gasteiger partial charge is 0.376 e. The molecule has 0 spiro atoms. The number of rotatable bonds is 5. The number of nitrogens with zero attached hydrogens (tertiary/aromatic N) is 2. The molecule has 1 N–H and O–H groups in total. The van der Waals surface area contributed by atoms with E-state index in [0.717, 1.165) is 30.5 Å². The van der Waals surface area contributed by atoms with E-state index in [-0.39, 0.29) is 12.5 Å². The van der Waals surface area contributed by atoms with Crippen LogP contribution in [0.4, 0.5) is 5.69 Å². The Labute approximate surface area is 176 Å². The zero-order valence-electron chi connectivity index (χ0n) is 16.1. The molecule has 1 fully saturated rings. The highest BCUT2D eigenvalue weighted by Gasteiger charge is 2.30. The highest BCUT2D eigenvalue weighted by Crippen LogP contribution is 2.26. The van der Waals surface area contributed by atoms with Gasteiger partial charge in [0.15, 0.2) is 0 Å². The monoisotopic (exact) mass is 433 g/mol. The first-order valence-electron chi connectivity index (χ1n) is 9.83. The maximum atomic E-state index is 13.0. The Hall–Kier alpha value is -2.09. The molecular weight excluding hydrogens is 410 g/mol. The molecule has 1 heterocycles. The Kier molecular flexibility index (Phi) is 5.81. The molecule has 154 valence electrons. The molecule has 6 nitrogen and oxygen atoms in total. The highest BCUT2D eigenvalue weighted by molar-refractivity contribution is 7.89. The quantitative estimate of drug-likeness (QED) is 0.787. The van der Waals surface area contributed by atoms with Gasteiger partial charge in [-0.15, -0.1) is 0 Å². The number of halogens is 1. The fourth-order valence-electron chi connectivity index (χ4n) is 3.92. The van der Waals surface area contributed by atoms with Crippen molar-refractivity contribution < 1.29 is 13.2 Å². The maximum absolute atomic E-state index is 13.0. The van der Waals surface area contributed by atoms with E-state index in [1.807, 2.05) is 24.3 Å². The summed E-state index contributed by atoms with van der Waals surface area (Å²) in [5, 5.41) is 3.67. The van der Waals surface area contributed by atoms with Crippen LogP contribution in [0.2, 0.25) is 5.02 Å². The van der Waals surface area contributed by atoms with Crippen molar-refractivity contribution >= 4 is 33.2 Å². The van der Waals surface area contributed by atoms with E-state index in [4.69, 9.17) is 11.6 Å². The number of nitrogens with one attached hydrogen (secondary N) is 1. The van der Waals surface area contributed by atoms with E-state index in [1.165, 1.54) is 9.87 Å². The molecule has 0 atom stereocenters. The molecule has 0 unspecified atom stereocenters. The van der Waals surface area contributed by atoms with Gasteiger partial charge in [0.1, 0.15) is 0 Å². The van der Waals surface area contributed by atoms with Gasteiger partial charge in [-0.1, -0.05) is 23.7 Å². The van der Waals surface area contributed by atoms with Crippen molar-refractivity contribution in [3.05, 3.63) is 58.6 Å². The zero-order valence-corrected chi connectivity index (χ0v) is 17.7. The number of carbonyl (C=O) groups excluding carboxylic acids is 1. The smallest absolute Gasteiger partial charge is 0.243 e. The minimum atomic E-state index is -3.53. The topological polar surface area (TPSA) is 69.7 Å². The van der Waals surface area contributed by atoms with Gasteiger partial charge in [0.25, 0.3) is 0 Å². The molecule has 1 amide bonds. The Morgan fingerprint density at radius 2 is 1.76 bits per heavy atom. The number of benzene rings is 2. The number of fused-ring (bicyclic) bond motifs is 1. The zero-order chi connectivity index (χ0) is 20.4. The molecule has 8 heteroatoms. The molecular formula is C21H24ClN3O3S. The van der Waals surface area contributed by atoms with Crippen molar-refractivity contribution in [3.63, 3.8) is 0 Å². The fourth-order valence-corrected chi connectivity index (χ4v) is 5.59. The number of hydrogen-bond donors (Lipinski definition) is 1. The van der Waals surface area contributed by atoms with Crippen molar-refractivity contribution in [1.29, 1.82) is 0 Å². The average molecular weight is 434 g/mol. The Morgan fingerprint density at radius 3 is 2.52 bits per heavy atom. The van der Waals surface area contributed by atoms with Crippen LogP contribution in [-0.4, -0.2) is 56.3 Å². The summed E-state index contributed by atoms with van der Waals surface area (Å²) in [6.07, 6.45) is 3.06. The highest BCUT2D eigenvalue weighted by atomic mass is 35.5. The van der Waals surface area contributed by atoms with Gasteiger partial charge >= 0.3 is 0 Å². The third kappa shape index (κ3) is 4.42. The summed E-state index contributed by atoms with van der Waals surface area (Å²) in [4.78, 5) is 14.5. The molecule has 29 heavy (non-hydrogen) atoms. The number of piperazine rings is 1. The maximum Gasteiger partial charge on any atom is 0.243 e. The molecule has 4 rings (SSSR count). The predicted octanol–water partition coefficient (Wildman–Crippen LogP) is 2.77. The lowest BCUT2D eigenvalue weighted by atomic mass is 10.1. The van der Waals surface area contributed by atoms with Crippen LogP contribution in [0.1, 0.15) is 17.5 Å². The Balaban J connectivity index is 1.34. The average Bonchev–Trinajstić information content (AvgIpc) is 3.20. The van der Waals surface area contributed by atoms with Crippen LogP contribution in [0.15, 0.2) is 47.4 Å². The van der Waals surface area contributed by atoms with Crippen molar-refractivity contribution in [2.24, 2.45) is 0 Å². The first-order chi connectivity index (χ1) is 13.9. The molecule has 2 aliphatic rings. The second-order valence-electron chi connectivity index (χ2n) is 7.43. The number of carbonyl (C=O) groups is 1. The number of amides is 1. The van der Waals surface area contributed by atoms with Crippen LogP contribution in [0.25, 0.3) is 0 Å². The lowest BCUT2D eigenvalue weighted by molar-refractivity contribution is -0.130. The predicted molar refractivity (Wildman–Crippen MR) is 114 cm³/mol. The van der Waals surface area contributed by atoms with Crippen LogP contribution < -0.4 is 5.32 Å². The Bertz CT molecular complexity index is 1020. The van der Waals surface area contributed by atoms with E-state index in [1.54, 1.807) is 23.1 Å². The van der Waals surface area contributed by atoms with Crippen molar-refractivity contribution in [3.8, 4) is 0 Å². The van der Waals surface area contributed by atoms with Crippen LogP contribution in [0, 0.1) is 0 Å². The molecule has 1 aliphatic heterocycles. The van der Waals surface area contributed by atoms with Gasteiger partial charge in [-0.25, -0.2) is 8.42 Å². The van der Waals surface area contributed by atoms with E-state index < -0.39 is 10.0 Å². The second kappa shape index (κ2) is 8.34. The number of hydrogen-bond acceptors (Lipinski definition) is 4. The third-order valence-corrected chi connectivity index (χ3v) is 7.70. The first kappa shape index (κ1) is 20.2. The van der Waals surface area contributed by atoms with Crippen LogP contribution >= 0.6 is 11.6 Å². The molecule has 0 saturated carbocycles. The molecule has 0 radical (unpaired) electrons. The molecule has 0 bridgehead atoms. The van der Waals surface area contributed by atoms with Crippen LogP contribution in [0.3, 0.4) is 0 Å². The van der Waals surface area contributed by atoms with E-state index in [2.05, 4.69) is 5.32 Å². The molecule has 2 aromatic rings. The van der Waals surface area contributed by atoms with Crippen LogP contribution in [0.5, 0.6) is 0 Å². The standard InChI is InChI=1S/C21H24ClN3O3S/c22-18-5-2-6-19(14-18)23-15-21(26)24-9-11-25(12-10-24)29(27,28)20-8-7-16-3-1-4-17(16)13-20/h2,5-8,13-14,23H,1,3-4,9-12,15H2.